The second-order valence-corrected chi connectivity index (χ2v) is 5.11. The van der Waals surface area contributed by atoms with Crippen LogP contribution in [0.3, 0.4) is 0 Å². The van der Waals surface area contributed by atoms with Crippen LogP contribution in [0.1, 0.15) is 25.3 Å². The summed E-state index contributed by atoms with van der Waals surface area (Å²) in [6.07, 6.45) is 2.00. The molecule has 3 rings (SSSR count). The molecule has 0 spiro atoms. The zero-order valence-corrected chi connectivity index (χ0v) is 10.9. The molecule has 19 heavy (non-hydrogen) atoms. The topological polar surface area (TPSA) is 21.7 Å². The van der Waals surface area contributed by atoms with Crippen LogP contribution in [0.5, 0.6) is 11.5 Å². The zero-order chi connectivity index (χ0) is 13.5. The number of halogens is 2. The Hall–Kier alpha value is -1.36. The lowest BCUT2D eigenvalue weighted by Gasteiger charge is -2.31. The van der Waals surface area contributed by atoms with E-state index in [-0.39, 0.29) is 12.4 Å². The zero-order valence-electron chi connectivity index (χ0n) is 10.9. The number of fused-ring (bicyclic) bond motifs is 1. The van der Waals surface area contributed by atoms with Crippen molar-refractivity contribution in [2.45, 2.75) is 31.7 Å². The van der Waals surface area contributed by atoms with Crippen molar-refractivity contribution in [3.8, 4) is 11.5 Å². The van der Waals surface area contributed by atoms with Crippen molar-refractivity contribution in [1.82, 2.24) is 4.90 Å². The molecular formula is C14H17F2NO2. The number of nitrogens with zero attached hydrogens (tertiary/aromatic N) is 1. The third kappa shape index (κ3) is 2.16. The summed E-state index contributed by atoms with van der Waals surface area (Å²) >= 11 is 0. The Labute approximate surface area is 111 Å². The third-order valence-corrected chi connectivity index (χ3v) is 3.97. The highest BCUT2D eigenvalue weighted by Crippen LogP contribution is 2.41. The lowest BCUT2D eigenvalue weighted by atomic mass is 10.0. The molecule has 0 aliphatic carbocycles. The normalized spacial score (nSPS) is 20.8. The summed E-state index contributed by atoms with van der Waals surface area (Å²) in [7, 11) is 0. The van der Waals surface area contributed by atoms with Crippen molar-refractivity contribution in [2.75, 3.05) is 19.9 Å². The van der Waals surface area contributed by atoms with Crippen LogP contribution in [0.25, 0.3) is 0 Å². The molecule has 0 saturated carbocycles. The molecule has 0 aromatic heterocycles. The minimum atomic E-state index is -2.88. The monoisotopic (exact) mass is 269 g/mol. The van der Waals surface area contributed by atoms with Gasteiger partial charge >= 0.3 is 0 Å². The van der Waals surface area contributed by atoms with E-state index in [2.05, 4.69) is 0 Å². The van der Waals surface area contributed by atoms with Gasteiger partial charge < -0.3 is 9.47 Å². The average Bonchev–Trinajstić information content (AvgIpc) is 3.07. The first-order chi connectivity index (χ1) is 9.09. The molecule has 1 aromatic rings. The van der Waals surface area contributed by atoms with Gasteiger partial charge in [0.25, 0.3) is 5.92 Å². The molecule has 2 heterocycles. The van der Waals surface area contributed by atoms with Crippen LogP contribution in [0, 0.1) is 0 Å². The standard InChI is InChI=1S/C14H17F2NO2/c1-10(17-6-2-3-7-17)14(15,16)11-4-5-12-13(8-11)19-9-18-12/h4-5,8,10H,2-3,6-7,9H2,1H3. The van der Waals surface area contributed by atoms with Crippen molar-refractivity contribution in [2.24, 2.45) is 0 Å². The fraction of sp³-hybridized carbons (Fsp3) is 0.571. The molecule has 1 fully saturated rings. The molecule has 1 unspecified atom stereocenters. The van der Waals surface area contributed by atoms with Crippen molar-refractivity contribution < 1.29 is 18.3 Å². The van der Waals surface area contributed by atoms with E-state index in [1.165, 1.54) is 12.1 Å². The molecule has 1 aromatic carbocycles. The lowest BCUT2D eigenvalue weighted by Crippen LogP contribution is -2.42. The van der Waals surface area contributed by atoms with Crippen molar-refractivity contribution >= 4 is 0 Å². The van der Waals surface area contributed by atoms with Crippen molar-refractivity contribution in [3.05, 3.63) is 23.8 Å². The van der Waals surface area contributed by atoms with Crippen LogP contribution in [0.2, 0.25) is 0 Å². The molecule has 0 bridgehead atoms. The maximum absolute atomic E-state index is 14.5. The van der Waals surface area contributed by atoms with Crippen molar-refractivity contribution in [1.29, 1.82) is 0 Å². The van der Waals surface area contributed by atoms with Gasteiger partial charge in [-0.3, -0.25) is 4.90 Å². The van der Waals surface area contributed by atoms with E-state index in [1.807, 2.05) is 4.90 Å². The first kappa shape index (κ1) is 12.7. The molecule has 1 atom stereocenters. The van der Waals surface area contributed by atoms with Crippen LogP contribution in [-0.4, -0.2) is 30.8 Å². The molecular weight excluding hydrogens is 252 g/mol. The quantitative estimate of drug-likeness (QED) is 0.842. The first-order valence-corrected chi connectivity index (χ1v) is 6.61. The van der Waals surface area contributed by atoms with Gasteiger partial charge in [-0.15, -0.1) is 0 Å². The number of hydrogen-bond donors (Lipinski definition) is 0. The second kappa shape index (κ2) is 4.63. The molecule has 0 amide bonds. The van der Waals surface area contributed by atoms with Gasteiger partial charge in [-0.2, -0.15) is 8.78 Å². The summed E-state index contributed by atoms with van der Waals surface area (Å²) in [5, 5.41) is 0. The Kier molecular flexibility index (Phi) is 3.09. The smallest absolute Gasteiger partial charge is 0.288 e. The summed E-state index contributed by atoms with van der Waals surface area (Å²) in [5.74, 6) is -1.94. The molecule has 2 aliphatic heterocycles. The van der Waals surface area contributed by atoms with E-state index in [4.69, 9.17) is 9.47 Å². The molecule has 0 N–H and O–H groups in total. The van der Waals surface area contributed by atoms with Gasteiger partial charge in [0.1, 0.15) is 0 Å². The van der Waals surface area contributed by atoms with Crippen LogP contribution < -0.4 is 9.47 Å². The Morgan fingerprint density at radius 3 is 2.58 bits per heavy atom. The minimum Gasteiger partial charge on any atom is -0.454 e. The maximum Gasteiger partial charge on any atom is 0.288 e. The fourth-order valence-corrected chi connectivity index (χ4v) is 2.70. The fourth-order valence-electron chi connectivity index (χ4n) is 2.70. The van der Waals surface area contributed by atoms with Crippen LogP contribution >= 0.6 is 0 Å². The highest BCUT2D eigenvalue weighted by Gasteiger charge is 2.43. The summed E-state index contributed by atoms with van der Waals surface area (Å²) in [6, 6.07) is 3.59. The van der Waals surface area contributed by atoms with E-state index in [0.29, 0.717) is 11.5 Å². The third-order valence-electron chi connectivity index (χ3n) is 3.97. The lowest BCUT2D eigenvalue weighted by molar-refractivity contribution is -0.0760. The molecule has 5 heteroatoms. The van der Waals surface area contributed by atoms with Gasteiger partial charge in [0.05, 0.1) is 6.04 Å². The van der Waals surface area contributed by atoms with Crippen molar-refractivity contribution in [3.63, 3.8) is 0 Å². The van der Waals surface area contributed by atoms with Gasteiger partial charge in [0.15, 0.2) is 11.5 Å². The van der Waals surface area contributed by atoms with Gasteiger partial charge in [-0.1, -0.05) is 0 Å². The van der Waals surface area contributed by atoms with E-state index in [0.717, 1.165) is 25.9 Å². The largest absolute Gasteiger partial charge is 0.454 e. The number of rotatable bonds is 3. The molecule has 0 radical (unpaired) electrons. The van der Waals surface area contributed by atoms with Gasteiger partial charge in [-0.05, 0) is 51.1 Å². The first-order valence-electron chi connectivity index (χ1n) is 6.61. The van der Waals surface area contributed by atoms with Crippen LogP contribution in [0.15, 0.2) is 18.2 Å². The molecule has 1 saturated heterocycles. The number of ether oxygens (including phenoxy) is 2. The molecule has 104 valence electrons. The predicted molar refractivity (Wildman–Crippen MR) is 66.7 cm³/mol. The second-order valence-electron chi connectivity index (χ2n) is 5.11. The number of benzene rings is 1. The Bertz CT molecular complexity index is 473. The molecule has 3 nitrogen and oxygen atoms in total. The molecule has 2 aliphatic rings. The summed E-state index contributed by atoms with van der Waals surface area (Å²) in [5.41, 5.74) is -0.00356. The Morgan fingerprint density at radius 2 is 1.84 bits per heavy atom. The summed E-state index contributed by atoms with van der Waals surface area (Å²) < 4.78 is 39.4. The average molecular weight is 269 g/mol. The van der Waals surface area contributed by atoms with E-state index in [9.17, 15) is 8.78 Å². The minimum absolute atomic E-state index is 0.00356. The van der Waals surface area contributed by atoms with E-state index >= 15 is 0 Å². The maximum atomic E-state index is 14.5. The van der Waals surface area contributed by atoms with Gasteiger partial charge in [0, 0.05) is 5.56 Å². The van der Waals surface area contributed by atoms with Gasteiger partial charge in [-0.25, -0.2) is 0 Å². The predicted octanol–water partition coefficient (Wildman–Crippen LogP) is 2.99. The van der Waals surface area contributed by atoms with Gasteiger partial charge in [0.2, 0.25) is 6.79 Å². The van der Waals surface area contributed by atoms with Crippen LogP contribution in [0.4, 0.5) is 8.78 Å². The number of hydrogen-bond acceptors (Lipinski definition) is 3. The summed E-state index contributed by atoms with van der Waals surface area (Å²) in [4.78, 5) is 1.85. The highest BCUT2D eigenvalue weighted by atomic mass is 19.3. The highest BCUT2D eigenvalue weighted by molar-refractivity contribution is 5.45. The SMILES string of the molecule is CC(N1CCCC1)C(F)(F)c1ccc2c(c1)OCO2. The number of alkyl halides is 2. The van der Waals surface area contributed by atoms with Crippen LogP contribution in [-0.2, 0) is 5.92 Å². The van der Waals surface area contributed by atoms with E-state index in [1.54, 1.807) is 13.0 Å². The summed E-state index contributed by atoms with van der Waals surface area (Å²) in [6.45, 7) is 3.20. The Balaban J connectivity index is 1.86. The van der Waals surface area contributed by atoms with E-state index < -0.39 is 12.0 Å². The number of likely N-dealkylation sites (tertiary alicyclic amines) is 1. The Morgan fingerprint density at radius 1 is 1.16 bits per heavy atom.